The SMILES string of the molecule is CC(C)(Oc1ccc(Cl)cc1)C(=O)N1CCCC(COCc2ccccc2)C1. The molecule has 0 spiro atoms. The third-order valence-electron chi connectivity index (χ3n) is 4.97. The van der Waals surface area contributed by atoms with Crippen LogP contribution in [0, 0.1) is 5.92 Å². The van der Waals surface area contributed by atoms with Crippen LogP contribution in [-0.2, 0) is 16.1 Å². The topological polar surface area (TPSA) is 38.8 Å². The molecule has 1 heterocycles. The zero-order chi connectivity index (χ0) is 20.0. The number of amides is 1. The first kappa shape index (κ1) is 20.7. The molecule has 1 saturated heterocycles. The molecule has 0 aromatic heterocycles. The Hall–Kier alpha value is -2.04. The molecule has 0 aliphatic carbocycles. The molecule has 2 aromatic carbocycles. The van der Waals surface area contributed by atoms with Crippen LogP contribution in [0.2, 0.25) is 5.02 Å². The lowest BCUT2D eigenvalue weighted by molar-refractivity contribution is -0.147. The fraction of sp³-hybridized carbons (Fsp3) is 0.435. The quantitative estimate of drug-likeness (QED) is 0.658. The second-order valence-corrected chi connectivity index (χ2v) is 8.26. The number of rotatable bonds is 7. The normalized spacial score (nSPS) is 17.4. The molecule has 28 heavy (non-hydrogen) atoms. The molecule has 0 radical (unpaired) electrons. The Kier molecular flexibility index (Phi) is 6.97. The maximum Gasteiger partial charge on any atom is 0.266 e. The lowest BCUT2D eigenvalue weighted by Gasteiger charge is -2.37. The summed E-state index contributed by atoms with van der Waals surface area (Å²) in [7, 11) is 0. The monoisotopic (exact) mass is 401 g/mol. The van der Waals surface area contributed by atoms with Crippen molar-refractivity contribution >= 4 is 17.5 Å². The Balaban J connectivity index is 1.52. The lowest BCUT2D eigenvalue weighted by atomic mass is 9.96. The Morgan fingerprint density at radius 3 is 2.57 bits per heavy atom. The van der Waals surface area contributed by atoms with Crippen molar-refractivity contribution in [1.82, 2.24) is 4.90 Å². The van der Waals surface area contributed by atoms with Crippen molar-refractivity contribution < 1.29 is 14.3 Å². The summed E-state index contributed by atoms with van der Waals surface area (Å²) in [6.07, 6.45) is 2.07. The predicted molar refractivity (Wildman–Crippen MR) is 112 cm³/mol. The molecule has 2 aromatic rings. The van der Waals surface area contributed by atoms with Crippen LogP contribution in [0.5, 0.6) is 5.75 Å². The molecule has 0 bridgehead atoms. The van der Waals surface area contributed by atoms with Crippen molar-refractivity contribution in [3.63, 3.8) is 0 Å². The van der Waals surface area contributed by atoms with Crippen molar-refractivity contribution in [1.29, 1.82) is 0 Å². The lowest BCUT2D eigenvalue weighted by Crippen LogP contribution is -2.52. The first-order valence-corrected chi connectivity index (χ1v) is 10.2. The van der Waals surface area contributed by atoms with Crippen molar-refractivity contribution in [2.24, 2.45) is 5.92 Å². The van der Waals surface area contributed by atoms with Crippen molar-refractivity contribution in [2.45, 2.75) is 38.9 Å². The van der Waals surface area contributed by atoms with Gasteiger partial charge in [0.2, 0.25) is 0 Å². The average Bonchev–Trinajstić information content (AvgIpc) is 2.70. The number of piperidine rings is 1. The Labute approximate surface area is 172 Å². The minimum Gasteiger partial charge on any atom is -0.478 e. The molecule has 0 N–H and O–H groups in total. The molecular weight excluding hydrogens is 374 g/mol. The fourth-order valence-corrected chi connectivity index (χ4v) is 3.65. The highest BCUT2D eigenvalue weighted by Crippen LogP contribution is 2.25. The largest absolute Gasteiger partial charge is 0.478 e. The molecule has 3 rings (SSSR count). The Morgan fingerprint density at radius 2 is 1.86 bits per heavy atom. The molecule has 1 unspecified atom stereocenters. The van der Waals surface area contributed by atoms with Gasteiger partial charge in [-0.25, -0.2) is 0 Å². The van der Waals surface area contributed by atoms with Gasteiger partial charge in [-0.3, -0.25) is 4.79 Å². The predicted octanol–water partition coefficient (Wildman–Crippen LogP) is 4.95. The number of halogens is 1. The van der Waals surface area contributed by atoms with E-state index in [9.17, 15) is 4.79 Å². The zero-order valence-corrected chi connectivity index (χ0v) is 17.3. The third-order valence-corrected chi connectivity index (χ3v) is 5.22. The summed E-state index contributed by atoms with van der Waals surface area (Å²) in [5.41, 5.74) is 0.240. The number of hydrogen-bond acceptors (Lipinski definition) is 3. The summed E-state index contributed by atoms with van der Waals surface area (Å²) in [5.74, 6) is 1.01. The van der Waals surface area contributed by atoms with Crippen LogP contribution >= 0.6 is 11.6 Å². The summed E-state index contributed by atoms with van der Waals surface area (Å²) in [4.78, 5) is 15.0. The van der Waals surface area contributed by atoms with Crippen molar-refractivity contribution in [2.75, 3.05) is 19.7 Å². The maximum atomic E-state index is 13.1. The average molecular weight is 402 g/mol. The van der Waals surface area contributed by atoms with E-state index in [4.69, 9.17) is 21.1 Å². The fourth-order valence-electron chi connectivity index (χ4n) is 3.52. The molecule has 5 heteroatoms. The van der Waals surface area contributed by atoms with Gasteiger partial charge in [0.15, 0.2) is 5.60 Å². The van der Waals surface area contributed by atoms with Gasteiger partial charge in [-0.15, -0.1) is 0 Å². The highest BCUT2D eigenvalue weighted by Gasteiger charge is 2.36. The third kappa shape index (κ3) is 5.73. The number of benzene rings is 2. The van der Waals surface area contributed by atoms with Crippen LogP contribution in [-0.4, -0.2) is 36.1 Å². The van der Waals surface area contributed by atoms with Gasteiger partial charge in [0, 0.05) is 18.1 Å². The molecule has 1 atom stereocenters. The highest BCUT2D eigenvalue weighted by molar-refractivity contribution is 6.30. The highest BCUT2D eigenvalue weighted by atomic mass is 35.5. The standard InChI is InChI=1S/C23H28ClNO3/c1-23(2,28-21-12-10-20(24)11-13-21)22(26)25-14-6-9-19(15-25)17-27-16-18-7-4-3-5-8-18/h3-5,7-8,10-13,19H,6,9,14-17H2,1-2H3. The second-order valence-electron chi connectivity index (χ2n) is 7.83. The van der Waals surface area contributed by atoms with Crippen molar-refractivity contribution in [3.05, 3.63) is 65.2 Å². The Morgan fingerprint density at radius 1 is 1.14 bits per heavy atom. The van der Waals surface area contributed by atoms with E-state index in [2.05, 4.69) is 12.1 Å². The van der Waals surface area contributed by atoms with E-state index in [1.54, 1.807) is 24.3 Å². The van der Waals surface area contributed by atoms with E-state index >= 15 is 0 Å². The Bertz CT molecular complexity index is 761. The van der Waals surface area contributed by atoms with Gasteiger partial charge in [-0.1, -0.05) is 41.9 Å². The number of carbonyl (C=O) groups excluding carboxylic acids is 1. The number of likely N-dealkylation sites (tertiary alicyclic amines) is 1. The molecule has 1 amide bonds. The van der Waals surface area contributed by atoms with Gasteiger partial charge in [0.05, 0.1) is 13.2 Å². The van der Waals surface area contributed by atoms with E-state index in [-0.39, 0.29) is 5.91 Å². The van der Waals surface area contributed by atoms with E-state index in [1.165, 1.54) is 5.56 Å². The summed E-state index contributed by atoms with van der Waals surface area (Å²) in [5, 5.41) is 0.644. The molecule has 150 valence electrons. The zero-order valence-electron chi connectivity index (χ0n) is 16.6. The summed E-state index contributed by atoms with van der Waals surface area (Å²) in [6, 6.07) is 17.3. The molecule has 1 aliphatic heterocycles. The van der Waals surface area contributed by atoms with Crippen LogP contribution in [0.25, 0.3) is 0 Å². The van der Waals surface area contributed by atoms with Gasteiger partial charge in [0.25, 0.3) is 5.91 Å². The molecule has 1 fully saturated rings. The summed E-state index contributed by atoms with van der Waals surface area (Å²) < 4.78 is 11.9. The van der Waals surface area contributed by atoms with Gasteiger partial charge in [0.1, 0.15) is 5.75 Å². The van der Waals surface area contributed by atoms with Crippen molar-refractivity contribution in [3.8, 4) is 5.75 Å². The maximum absolute atomic E-state index is 13.1. The van der Waals surface area contributed by atoms with Crippen LogP contribution in [0.1, 0.15) is 32.3 Å². The minimum atomic E-state index is -0.930. The van der Waals surface area contributed by atoms with Gasteiger partial charge in [-0.05, 0) is 62.4 Å². The van der Waals surface area contributed by atoms with Gasteiger partial charge in [-0.2, -0.15) is 0 Å². The smallest absolute Gasteiger partial charge is 0.266 e. The number of carbonyl (C=O) groups is 1. The minimum absolute atomic E-state index is 0.00945. The second kappa shape index (κ2) is 9.44. The number of hydrogen-bond donors (Lipinski definition) is 0. The molecule has 4 nitrogen and oxygen atoms in total. The summed E-state index contributed by atoms with van der Waals surface area (Å²) >= 11 is 5.92. The first-order chi connectivity index (χ1) is 13.4. The number of ether oxygens (including phenoxy) is 2. The van der Waals surface area contributed by atoms with Crippen LogP contribution in [0.15, 0.2) is 54.6 Å². The first-order valence-electron chi connectivity index (χ1n) is 9.80. The van der Waals surface area contributed by atoms with Crippen LogP contribution in [0.4, 0.5) is 0 Å². The van der Waals surface area contributed by atoms with E-state index in [0.717, 1.165) is 19.4 Å². The summed E-state index contributed by atoms with van der Waals surface area (Å²) in [6.45, 7) is 6.38. The van der Waals surface area contributed by atoms with E-state index in [1.807, 2.05) is 36.9 Å². The van der Waals surface area contributed by atoms with Crippen LogP contribution < -0.4 is 4.74 Å². The molecule has 1 aliphatic rings. The number of nitrogens with zero attached hydrogens (tertiary/aromatic N) is 1. The van der Waals surface area contributed by atoms with Gasteiger partial charge < -0.3 is 14.4 Å². The molecular formula is C23H28ClNO3. The van der Waals surface area contributed by atoms with Gasteiger partial charge >= 0.3 is 0 Å². The molecule has 0 saturated carbocycles. The van der Waals surface area contributed by atoms with Crippen LogP contribution in [0.3, 0.4) is 0 Å². The van der Waals surface area contributed by atoms with E-state index < -0.39 is 5.60 Å². The van der Waals surface area contributed by atoms with E-state index in [0.29, 0.717) is 36.4 Å².